The van der Waals surface area contributed by atoms with Crippen molar-refractivity contribution in [2.24, 2.45) is 0 Å². The second-order valence-corrected chi connectivity index (χ2v) is 13.2. The first-order valence-corrected chi connectivity index (χ1v) is 16.9. The molecule has 0 saturated carbocycles. The van der Waals surface area contributed by atoms with Gasteiger partial charge in [0.05, 0.1) is 24.8 Å². The molecule has 2 aromatic rings. The lowest BCUT2D eigenvalue weighted by Gasteiger charge is -2.42. The minimum Gasteiger partial charge on any atom is -0.495 e. The van der Waals surface area contributed by atoms with Gasteiger partial charge in [0.15, 0.2) is 5.75 Å². The number of piperidine rings is 2. The second-order valence-electron chi connectivity index (χ2n) is 13.2. The van der Waals surface area contributed by atoms with Crippen LogP contribution in [0, 0.1) is 10.1 Å². The van der Waals surface area contributed by atoms with Gasteiger partial charge < -0.3 is 34.8 Å². The molecular weight excluding hydrogens is 584 g/mol. The molecule has 256 valence electrons. The average molecular weight is 641 g/mol. The lowest BCUT2D eigenvalue weighted by atomic mass is 10.0. The van der Waals surface area contributed by atoms with Crippen molar-refractivity contribution in [3.8, 4) is 11.5 Å². The molecule has 0 aliphatic carbocycles. The molecule has 4 aliphatic heterocycles. The number of nitro groups is 1. The Labute approximate surface area is 276 Å². The van der Waals surface area contributed by atoms with Crippen molar-refractivity contribution in [3.05, 3.63) is 46.5 Å². The van der Waals surface area contributed by atoms with Gasteiger partial charge in [-0.05, 0) is 58.0 Å². The highest BCUT2D eigenvalue weighted by Gasteiger charge is 2.29. The molecule has 46 heavy (non-hydrogen) atoms. The zero-order chi connectivity index (χ0) is 32.6. The molecule has 4 saturated heterocycles. The molecule has 0 aromatic heterocycles. The third-order valence-electron chi connectivity index (χ3n) is 10.3. The summed E-state index contributed by atoms with van der Waals surface area (Å²) >= 11 is 0. The number of rotatable bonds is 7. The number of nitrogens with two attached hydrogens (primary N) is 1. The normalized spacial score (nSPS) is 21.5. The maximum absolute atomic E-state index is 11.0. The first kappa shape index (κ1) is 34.0. The van der Waals surface area contributed by atoms with Crippen LogP contribution in [0.2, 0.25) is 0 Å². The van der Waals surface area contributed by atoms with E-state index in [9.17, 15) is 10.1 Å². The Bertz CT molecular complexity index is 1270. The van der Waals surface area contributed by atoms with Gasteiger partial charge in [-0.15, -0.1) is 0 Å². The zero-order valence-corrected chi connectivity index (χ0v) is 28.3. The summed E-state index contributed by atoms with van der Waals surface area (Å²) in [5.41, 5.74) is 8.87. The maximum atomic E-state index is 11.0. The van der Waals surface area contributed by atoms with Gasteiger partial charge in [-0.3, -0.25) is 19.9 Å². The Morgan fingerprint density at radius 1 is 0.674 bits per heavy atom. The molecule has 4 fully saturated rings. The van der Waals surface area contributed by atoms with Gasteiger partial charge in [0.2, 0.25) is 0 Å². The van der Waals surface area contributed by atoms with E-state index >= 15 is 0 Å². The van der Waals surface area contributed by atoms with Crippen molar-refractivity contribution in [1.82, 2.24) is 19.6 Å². The molecule has 6 rings (SSSR count). The van der Waals surface area contributed by atoms with Crippen LogP contribution in [0.5, 0.6) is 11.5 Å². The second kappa shape index (κ2) is 16.0. The van der Waals surface area contributed by atoms with E-state index in [1.54, 1.807) is 19.2 Å². The summed E-state index contributed by atoms with van der Waals surface area (Å²) in [6.07, 6.45) is 4.78. The first-order valence-electron chi connectivity index (χ1n) is 16.9. The van der Waals surface area contributed by atoms with Crippen LogP contribution in [0.3, 0.4) is 0 Å². The number of anilines is 3. The van der Waals surface area contributed by atoms with Gasteiger partial charge >= 0.3 is 5.69 Å². The molecule has 2 aromatic carbocycles. The van der Waals surface area contributed by atoms with Crippen molar-refractivity contribution < 1.29 is 15.8 Å². The molecule has 2 N–H and O–H groups in total. The summed E-state index contributed by atoms with van der Waals surface area (Å²) in [5.74, 6) is 1.11. The number of hydrogen-bond donors (Lipinski definition) is 1. The summed E-state index contributed by atoms with van der Waals surface area (Å²) in [4.78, 5) is 25.5. The molecule has 0 spiro atoms. The molecule has 0 unspecified atom stereocenters. The Hall–Kier alpha value is -3.32. The number of methoxy groups -OCH3 is 2. The van der Waals surface area contributed by atoms with Gasteiger partial charge in [-0.1, -0.05) is 0 Å². The van der Waals surface area contributed by atoms with Gasteiger partial charge in [0, 0.05) is 122 Å². The smallest absolute Gasteiger partial charge is 0.311 e. The minimum atomic E-state index is -0.401. The van der Waals surface area contributed by atoms with Gasteiger partial charge in [0.25, 0.3) is 0 Å². The van der Waals surface area contributed by atoms with Gasteiger partial charge in [-0.2, -0.15) is 0 Å². The molecule has 12 nitrogen and oxygen atoms in total. The van der Waals surface area contributed by atoms with Crippen LogP contribution in [0.1, 0.15) is 27.1 Å². The van der Waals surface area contributed by atoms with E-state index in [2.05, 4.69) is 55.6 Å². The van der Waals surface area contributed by atoms with Crippen molar-refractivity contribution in [2.45, 2.75) is 37.8 Å². The lowest BCUT2D eigenvalue weighted by molar-refractivity contribution is -0.385. The Morgan fingerprint density at radius 3 is 1.50 bits per heavy atom. The number of nitrogens with zero attached hydrogens (tertiary/aromatic N) is 7. The van der Waals surface area contributed by atoms with E-state index in [4.69, 9.17) is 15.2 Å². The summed E-state index contributed by atoms with van der Waals surface area (Å²) in [6.45, 7) is 13.7. The Morgan fingerprint density at radius 2 is 1.09 bits per heavy atom. The van der Waals surface area contributed by atoms with E-state index in [0.717, 1.165) is 82.7 Å². The summed E-state index contributed by atoms with van der Waals surface area (Å²) in [7, 11) is 7.55. The molecule has 12 heteroatoms. The molecule has 0 atom stereocenters. The third-order valence-corrected chi connectivity index (χ3v) is 10.3. The highest BCUT2D eigenvalue weighted by molar-refractivity contribution is 5.62. The summed E-state index contributed by atoms with van der Waals surface area (Å²) in [5, 5.41) is 11.0. The van der Waals surface area contributed by atoms with E-state index in [1.165, 1.54) is 51.8 Å². The fraction of sp³-hybridized carbons (Fsp3) is 0.647. The molecule has 4 aliphatic rings. The number of likely N-dealkylation sites (N-methyl/N-ethyl adjacent to an activating group) is 2. The monoisotopic (exact) mass is 640 g/mol. The summed E-state index contributed by atoms with van der Waals surface area (Å²) in [6, 6.07) is 12.7. The third kappa shape index (κ3) is 8.52. The van der Waals surface area contributed by atoms with Crippen LogP contribution in [-0.2, 0) is 0 Å². The van der Waals surface area contributed by atoms with E-state index in [1.807, 2.05) is 12.1 Å². The predicted molar refractivity (Wildman–Crippen MR) is 188 cm³/mol. The Balaban J connectivity index is 0.000000209. The number of nitro benzene ring substituents is 1. The van der Waals surface area contributed by atoms with Crippen molar-refractivity contribution >= 4 is 22.7 Å². The van der Waals surface area contributed by atoms with Gasteiger partial charge in [0.1, 0.15) is 5.75 Å². The molecule has 0 radical (unpaired) electrons. The Kier molecular flexibility index (Phi) is 11.8. The number of hydrogen-bond acceptors (Lipinski definition) is 11. The van der Waals surface area contributed by atoms with E-state index < -0.39 is 4.92 Å². The topological polar surface area (TPSA) is 107 Å². The molecular formula is C34H56N8O4. The van der Waals surface area contributed by atoms with Crippen molar-refractivity contribution in [3.63, 3.8) is 0 Å². The zero-order valence-electron chi connectivity index (χ0n) is 28.3. The first-order chi connectivity index (χ1) is 22.2. The van der Waals surface area contributed by atoms with Crippen molar-refractivity contribution in [2.75, 3.05) is 122 Å². The molecule has 4 heterocycles. The average Bonchev–Trinajstić information content (AvgIpc) is 3.09. The standard InChI is InChI=1S/C17H26N4O3.C17H28N4O.H2/c1-18-9-11-20(12-10-18)14-5-7-19(8-6-14)15-3-4-16(21(22)23)17(13-15)24-2;1-19-9-11-21(12-10-19)14-5-7-20(8-6-14)15-3-4-16(18)17(13-15)22-2;/h3-4,13-14H,5-12H2,1-2H3;3-4,13-14H,5-12,18H2,1-2H3;1H. The fourth-order valence-corrected chi connectivity index (χ4v) is 7.26. The van der Waals surface area contributed by atoms with E-state index in [-0.39, 0.29) is 7.11 Å². The highest BCUT2D eigenvalue weighted by Crippen LogP contribution is 2.33. The van der Waals surface area contributed by atoms with Crippen molar-refractivity contribution in [1.29, 1.82) is 0 Å². The number of piperazine rings is 2. The van der Waals surface area contributed by atoms with Crippen LogP contribution in [0.4, 0.5) is 22.7 Å². The van der Waals surface area contributed by atoms with Crippen LogP contribution >= 0.6 is 0 Å². The largest absolute Gasteiger partial charge is 0.495 e. The number of nitrogen functional groups attached to an aromatic ring is 1. The molecule has 0 bridgehead atoms. The number of benzene rings is 2. The fourth-order valence-electron chi connectivity index (χ4n) is 7.26. The minimum absolute atomic E-state index is 0. The molecule has 0 amide bonds. The maximum Gasteiger partial charge on any atom is 0.311 e. The summed E-state index contributed by atoms with van der Waals surface area (Å²) < 4.78 is 10.5. The predicted octanol–water partition coefficient (Wildman–Crippen LogP) is 3.56. The quantitative estimate of drug-likeness (QED) is 0.273. The van der Waals surface area contributed by atoms with Crippen LogP contribution < -0.4 is 25.0 Å². The SMILES string of the molecule is COc1cc(N2CCC(N3CCN(C)CC3)CC2)ccc1N.COc1cc(N2CCC(N3CCN(C)CC3)CC2)ccc1[N+](=O)[O-].[HH]. The van der Waals surface area contributed by atoms with Gasteiger partial charge in [-0.25, -0.2) is 0 Å². The highest BCUT2D eigenvalue weighted by atomic mass is 16.6. The van der Waals surface area contributed by atoms with Crippen LogP contribution in [0.15, 0.2) is 36.4 Å². The number of ether oxygens (including phenoxy) is 2. The lowest BCUT2D eigenvalue weighted by Crippen LogP contribution is -2.52. The van der Waals surface area contributed by atoms with Crippen LogP contribution in [0.25, 0.3) is 0 Å². The van der Waals surface area contributed by atoms with E-state index in [0.29, 0.717) is 17.5 Å². The van der Waals surface area contributed by atoms with Crippen LogP contribution in [-0.4, -0.2) is 143 Å².